The van der Waals surface area contributed by atoms with Gasteiger partial charge in [0.25, 0.3) is 0 Å². The second kappa shape index (κ2) is 6.20. The van der Waals surface area contributed by atoms with Crippen LogP contribution in [0.4, 0.5) is 0 Å². The lowest BCUT2D eigenvalue weighted by Crippen LogP contribution is -2.38. The highest BCUT2D eigenvalue weighted by molar-refractivity contribution is 5.72. The van der Waals surface area contributed by atoms with Crippen molar-refractivity contribution in [1.82, 2.24) is 4.90 Å². The SMILES string of the molecule is COC(=O)C1CCCN(Cc2cc(C)cc(C)c2)C1. The van der Waals surface area contributed by atoms with Crippen LogP contribution >= 0.6 is 0 Å². The molecule has 1 aliphatic rings. The Bertz CT molecular complexity index is 436. The van der Waals surface area contributed by atoms with Crippen LogP contribution in [0.15, 0.2) is 18.2 Å². The molecule has 0 N–H and O–H groups in total. The maximum absolute atomic E-state index is 11.6. The van der Waals surface area contributed by atoms with E-state index in [0.717, 1.165) is 32.5 Å². The topological polar surface area (TPSA) is 29.5 Å². The van der Waals surface area contributed by atoms with Gasteiger partial charge in [0.15, 0.2) is 0 Å². The maximum atomic E-state index is 11.6. The van der Waals surface area contributed by atoms with E-state index >= 15 is 0 Å². The zero-order valence-electron chi connectivity index (χ0n) is 12.1. The molecule has 0 aromatic heterocycles. The van der Waals surface area contributed by atoms with Crippen LogP contribution in [0.5, 0.6) is 0 Å². The molecule has 0 spiro atoms. The summed E-state index contributed by atoms with van der Waals surface area (Å²) in [4.78, 5) is 14.0. The Balaban J connectivity index is 2.00. The molecule has 104 valence electrons. The number of carbonyl (C=O) groups excluding carboxylic acids is 1. The van der Waals surface area contributed by atoms with Crippen molar-refractivity contribution in [2.24, 2.45) is 5.92 Å². The minimum absolute atomic E-state index is 0.0460. The molecule has 1 atom stereocenters. The second-order valence-electron chi connectivity index (χ2n) is 5.59. The summed E-state index contributed by atoms with van der Waals surface area (Å²) in [5, 5.41) is 0. The molecule has 3 heteroatoms. The largest absolute Gasteiger partial charge is 0.469 e. The monoisotopic (exact) mass is 261 g/mol. The number of rotatable bonds is 3. The Kier molecular flexibility index (Phi) is 4.59. The molecule has 0 amide bonds. The lowest BCUT2D eigenvalue weighted by molar-refractivity contribution is -0.147. The minimum Gasteiger partial charge on any atom is -0.469 e. The molecule has 1 saturated heterocycles. The third-order valence-corrected chi connectivity index (χ3v) is 3.73. The Morgan fingerprint density at radius 3 is 2.63 bits per heavy atom. The van der Waals surface area contributed by atoms with Crippen molar-refractivity contribution in [1.29, 1.82) is 0 Å². The average Bonchev–Trinajstić information content (AvgIpc) is 2.37. The zero-order valence-corrected chi connectivity index (χ0v) is 12.1. The number of ether oxygens (including phenoxy) is 1. The van der Waals surface area contributed by atoms with Gasteiger partial charge in [-0.1, -0.05) is 29.3 Å². The molecule has 1 heterocycles. The molecule has 0 aliphatic carbocycles. The molecule has 1 unspecified atom stereocenters. The Morgan fingerprint density at radius 1 is 1.32 bits per heavy atom. The van der Waals surface area contributed by atoms with E-state index in [1.165, 1.54) is 23.8 Å². The zero-order chi connectivity index (χ0) is 13.8. The molecule has 1 aliphatic heterocycles. The fraction of sp³-hybridized carbons (Fsp3) is 0.562. The number of methoxy groups -OCH3 is 1. The number of esters is 1. The highest BCUT2D eigenvalue weighted by Crippen LogP contribution is 2.20. The number of carbonyl (C=O) groups is 1. The molecule has 0 bridgehead atoms. The fourth-order valence-corrected chi connectivity index (χ4v) is 2.98. The van der Waals surface area contributed by atoms with Crippen molar-refractivity contribution < 1.29 is 9.53 Å². The van der Waals surface area contributed by atoms with Gasteiger partial charge in [-0.05, 0) is 38.8 Å². The van der Waals surface area contributed by atoms with Crippen molar-refractivity contribution in [3.05, 3.63) is 34.9 Å². The molecule has 1 aromatic rings. The standard InChI is InChI=1S/C16H23NO2/c1-12-7-13(2)9-14(8-12)10-17-6-4-5-15(11-17)16(18)19-3/h7-9,15H,4-6,10-11H2,1-3H3. The summed E-state index contributed by atoms with van der Waals surface area (Å²) in [5.41, 5.74) is 3.94. The van der Waals surface area contributed by atoms with E-state index in [0.29, 0.717) is 0 Å². The summed E-state index contributed by atoms with van der Waals surface area (Å²) >= 11 is 0. The van der Waals surface area contributed by atoms with E-state index in [9.17, 15) is 4.79 Å². The number of benzene rings is 1. The van der Waals surface area contributed by atoms with E-state index in [-0.39, 0.29) is 11.9 Å². The Labute approximate surface area is 115 Å². The first kappa shape index (κ1) is 14.1. The molecule has 2 rings (SSSR count). The van der Waals surface area contributed by atoms with Gasteiger partial charge in [-0.25, -0.2) is 0 Å². The maximum Gasteiger partial charge on any atom is 0.309 e. The first-order valence-corrected chi connectivity index (χ1v) is 6.96. The highest BCUT2D eigenvalue weighted by atomic mass is 16.5. The van der Waals surface area contributed by atoms with Crippen LogP contribution in [0.2, 0.25) is 0 Å². The van der Waals surface area contributed by atoms with Crippen LogP contribution in [-0.2, 0) is 16.1 Å². The first-order valence-electron chi connectivity index (χ1n) is 6.96. The van der Waals surface area contributed by atoms with Gasteiger partial charge in [0.1, 0.15) is 0 Å². The van der Waals surface area contributed by atoms with Gasteiger partial charge in [-0.3, -0.25) is 9.69 Å². The Morgan fingerprint density at radius 2 is 2.00 bits per heavy atom. The fourth-order valence-electron chi connectivity index (χ4n) is 2.98. The molecule has 0 saturated carbocycles. The van der Waals surface area contributed by atoms with Gasteiger partial charge in [-0.15, -0.1) is 0 Å². The Hall–Kier alpha value is -1.35. The molecular formula is C16H23NO2. The number of likely N-dealkylation sites (tertiary alicyclic amines) is 1. The van der Waals surface area contributed by atoms with Crippen molar-refractivity contribution in [2.45, 2.75) is 33.2 Å². The van der Waals surface area contributed by atoms with Gasteiger partial charge in [-0.2, -0.15) is 0 Å². The van der Waals surface area contributed by atoms with Crippen LogP contribution in [0.3, 0.4) is 0 Å². The lowest BCUT2D eigenvalue weighted by Gasteiger charge is -2.31. The average molecular weight is 261 g/mol. The first-order chi connectivity index (χ1) is 9.08. The van der Waals surface area contributed by atoms with Gasteiger partial charge >= 0.3 is 5.97 Å². The van der Waals surface area contributed by atoms with Gasteiger partial charge in [0, 0.05) is 13.1 Å². The van der Waals surface area contributed by atoms with Gasteiger partial charge in [0.05, 0.1) is 13.0 Å². The lowest BCUT2D eigenvalue weighted by atomic mass is 9.97. The number of hydrogen-bond acceptors (Lipinski definition) is 3. The van der Waals surface area contributed by atoms with Crippen molar-refractivity contribution >= 4 is 5.97 Å². The van der Waals surface area contributed by atoms with Crippen LogP contribution in [0, 0.1) is 19.8 Å². The van der Waals surface area contributed by atoms with E-state index in [2.05, 4.69) is 36.9 Å². The third-order valence-electron chi connectivity index (χ3n) is 3.73. The normalized spacial score (nSPS) is 20.3. The van der Waals surface area contributed by atoms with E-state index in [1.54, 1.807) is 0 Å². The van der Waals surface area contributed by atoms with Crippen LogP contribution < -0.4 is 0 Å². The van der Waals surface area contributed by atoms with Crippen LogP contribution in [0.25, 0.3) is 0 Å². The van der Waals surface area contributed by atoms with Gasteiger partial charge in [0.2, 0.25) is 0 Å². The van der Waals surface area contributed by atoms with Crippen molar-refractivity contribution in [2.75, 3.05) is 20.2 Å². The second-order valence-corrected chi connectivity index (χ2v) is 5.59. The number of piperidine rings is 1. The molecule has 0 radical (unpaired) electrons. The van der Waals surface area contributed by atoms with Gasteiger partial charge < -0.3 is 4.74 Å². The summed E-state index contributed by atoms with van der Waals surface area (Å²) in [5.74, 6) is -0.0187. The smallest absolute Gasteiger partial charge is 0.309 e. The van der Waals surface area contributed by atoms with E-state index in [1.807, 2.05) is 0 Å². The highest BCUT2D eigenvalue weighted by Gasteiger charge is 2.26. The summed E-state index contributed by atoms with van der Waals surface area (Å²) in [6.07, 6.45) is 2.03. The van der Waals surface area contributed by atoms with Crippen LogP contribution in [0.1, 0.15) is 29.5 Å². The predicted molar refractivity (Wildman–Crippen MR) is 75.9 cm³/mol. The van der Waals surface area contributed by atoms with E-state index < -0.39 is 0 Å². The van der Waals surface area contributed by atoms with Crippen molar-refractivity contribution in [3.8, 4) is 0 Å². The third kappa shape index (κ3) is 3.80. The summed E-state index contributed by atoms with van der Waals surface area (Å²) in [7, 11) is 1.48. The number of hydrogen-bond donors (Lipinski definition) is 0. The molecular weight excluding hydrogens is 238 g/mol. The molecule has 1 fully saturated rings. The summed E-state index contributed by atoms with van der Waals surface area (Å²) < 4.78 is 4.86. The molecule has 3 nitrogen and oxygen atoms in total. The van der Waals surface area contributed by atoms with Crippen LogP contribution in [-0.4, -0.2) is 31.1 Å². The quantitative estimate of drug-likeness (QED) is 0.784. The van der Waals surface area contributed by atoms with Crippen molar-refractivity contribution in [3.63, 3.8) is 0 Å². The number of aryl methyl sites for hydroxylation is 2. The number of nitrogens with zero attached hydrogens (tertiary/aromatic N) is 1. The summed E-state index contributed by atoms with van der Waals surface area (Å²) in [6, 6.07) is 6.65. The molecule has 19 heavy (non-hydrogen) atoms. The summed E-state index contributed by atoms with van der Waals surface area (Å²) in [6.45, 7) is 7.07. The predicted octanol–water partition coefficient (Wildman–Crippen LogP) is 2.69. The minimum atomic E-state index is -0.0647. The van der Waals surface area contributed by atoms with E-state index in [4.69, 9.17) is 4.74 Å². The molecule has 1 aromatic carbocycles.